The minimum atomic E-state index is -0.159. The van der Waals surface area contributed by atoms with E-state index in [-0.39, 0.29) is 11.6 Å². The monoisotopic (exact) mass is 199 g/mol. The summed E-state index contributed by atoms with van der Waals surface area (Å²) in [5.74, 6) is 0. The summed E-state index contributed by atoms with van der Waals surface area (Å²) in [6, 6.07) is 0.0648. The standard InChI is InChI=1S/C12H25NO/c1-6-12(7-2,14-8-3)11(13)9-10(4)5/h11H,4,6-9,13H2,1-3,5H3. The summed E-state index contributed by atoms with van der Waals surface area (Å²) in [6.07, 6.45) is 2.78. The Hall–Kier alpha value is -0.340. The first-order valence-electron chi connectivity index (χ1n) is 5.56. The topological polar surface area (TPSA) is 35.2 Å². The van der Waals surface area contributed by atoms with Gasteiger partial charge in [-0.3, -0.25) is 0 Å². The van der Waals surface area contributed by atoms with Gasteiger partial charge in [0.25, 0.3) is 0 Å². The molecule has 0 saturated heterocycles. The summed E-state index contributed by atoms with van der Waals surface area (Å²) in [5, 5.41) is 0. The molecule has 0 amide bonds. The van der Waals surface area contributed by atoms with Gasteiger partial charge in [0.1, 0.15) is 0 Å². The van der Waals surface area contributed by atoms with Crippen molar-refractivity contribution in [3.8, 4) is 0 Å². The van der Waals surface area contributed by atoms with Crippen molar-refractivity contribution in [1.29, 1.82) is 0 Å². The maximum absolute atomic E-state index is 6.18. The normalized spacial score (nSPS) is 14.1. The predicted molar refractivity (Wildman–Crippen MR) is 62.3 cm³/mol. The molecule has 2 N–H and O–H groups in total. The average molecular weight is 199 g/mol. The maximum Gasteiger partial charge on any atom is 0.0830 e. The summed E-state index contributed by atoms with van der Waals surface area (Å²) in [4.78, 5) is 0. The van der Waals surface area contributed by atoms with Crippen LogP contribution in [0.2, 0.25) is 0 Å². The van der Waals surface area contributed by atoms with Gasteiger partial charge in [0.05, 0.1) is 5.60 Å². The van der Waals surface area contributed by atoms with Gasteiger partial charge in [-0.25, -0.2) is 0 Å². The van der Waals surface area contributed by atoms with Crippen LogP contribution in [0.1, 0.15) is 47.0 Å². The molecule has 0 heterocycles. The molecule has 0 radical (unpaired) electrons. The lowest BCUT2D eigenvalue weighted by Gasteiger charge is -2.37. The third-order valence-corrected chi connectivity index (χ3v) is 2.87. The molecule has 0 aliphatic carbocycles. The van der Waals surface area contributed by atoms with Crippen molar-refractivity contribution in [2.75, 3.05) is 6.61 Å². The molecule has 1 unspecified atom stereocenters. The van der Waals surface area contributed by atoms with E-state index in [4.69, 9.17) is 10.5 Å². The van der Waals surface area contributed by atoms with Crippen LogP contribution in [0.4, 0.5) is 0 Å². The summed E-state index contributed by atoms with van der Waals surface area (Å²) in [6.45, 7) is 12.9. The Bertz CT molecular complexity index is 173. The maximum atomic E-state index is 6.18. The molecule has 2 heteroatoms. The Morgan fingerprint density at radius 1 is 1.36 bits per heavy atom. The largest absolute Gasteiger partial charge is 0.374 e. The molecule has 0 aliphatic heterocycles. The fourth-order valence-corrected chi connectivity index (χ4v) is 1.93. The van der Waals surface area contributed by atoms with E-state index in [9.17, 15) is 0 Å². The molecule has 0 saturated carbocycles. The van der Waals surface area contributed by atoms with Gasteiger partial charge in [0.15, 0.2) is 0 Å². The van der Waals surface area contributed by atoms with E-state index in [1.807, 2.05) is 13.8 Å². The van der Waals surface area contributed by atoms with Crippen molar-refractivity contribution in [3.63, 3.8) is 0 Å². The van der Waals surface area contributed by atoms with Crippen LogP contribution in [0.15, 0.2) is 12.2 Å². The minimum Gasteiger partial charge on any atom is -0.374 e. The van der Waals surface area contributed by atoms with Gasteiger partial charge >= 0.3 is 0 Å². The smallest absolute Gasteiger partial charge is 0.0830 e. The Kier molecular flexibility index (Phi) is 6.05. The molecule has 0 aromatic heterocycles. The molecule has 0 bridgehead atoms. The summed E-state index contributed by atoms with van der Waals surface area (Å²) in [5.41, 5.74) is 7.14. The molecule has 14 heavy (non-hydrogen) atoms. The van der Waals surface area contributed by atoms with Gasteiger partial charge in [0, 0.05) is 12.6 Å². The fraction of sp³-hybridized carbons (Fsp3) is 0.833. The van der Waals surface area contributed by atoms with E-state index in [2.05, 4.69) is 20.4 Å². The van der Waals surface area contributed by atoms with Gasteiger partial charge < -0.3 is 10.5 Å². The van der Waals surface area contributed by atoms with Gasteiger partial charge in [-0.05, 0) is 33.1 Å². The van der Waals surface area contributed by atoms with Crippen molar-refractivity contribution in [2.45, 2.75) is 58.6 Å². The Labute approximate surface area is 88.5 Å². The fourth-order valence-electron chi connectivity index (χ4n) is 1.93. The third kappa shape index (κ3) is 3.43. The van der Waals surface area contributed by atoms with Crippen molar-refractivity contribution in [3.05, 3.63) is 12.2 Å². The van der Waals surface area contributed by atoms with Crippen molar-refractivity contribution >= 4 is 0 Å². The molecule has 0 rings (SSSR count). The molecule has 0 aliphatic rings. The second-order valence-electron chi connectivity index (χ2n) is 3.97. The Morgan fingerprint density at radius 3 is 2.14 bits per heavy atom. The quantitative estimate of drug-likeness (QED) is 0.640. The molecule has 0 aromatic carbocycles. The zero-order valence-corrected chi connectivity index (χ0v) is 10.1. The summed E-state index contributed by atoms with van der Waals surface area (Å²) in [7, 11) is 0. The highest BCUT2D eigenvalue weighted by atomic mass is 16.5. The predicted octanol–water partition coefficient (Wildman–Crippen LogP) is 2.88. The van der Waals surface area contributed by atoms with E-state index in [0.29, 0.717) is 0 Å². The number of nitrogens with two attached hydrogens (primary N) is 1. The van der Waals surface area contributed by atoms with E-state index >= 15 is 0 Å². The first-order chi connectivity index (χ1) is 6.52. The first kappa shape index (κ1) is 13.7. The van der Waals surface area contributed by atoms with Crippen LogP contribution < -0.4 is 5.73 Å². The number of hydrogen-bond donors (Lipinski definition) is 1. The molecule has 0 fully saturated rings. The van der Waals surface area contributed by atoms with Crippen molar-refractivity contribution in [2.24, 2.45) is 5.73 Å². The molecule has 0 spiro atoms. The summed E-state index contributed by atoms with van der Waals surface area (Å²) >= 11 is 0. The Morgan fingerprint density at radius 2 is 1.86 bits per heavy atom. The van der Waals surface area contributed by atoms with Crippen LogP contribution in [0.25, 0.3) is 0 Å². The van der Waals surface area contributed by atoms with Crippen LogP contribution in [0.5, 0.6) is 0 Å². The molecule has 0 aromatic rings. The average Bonchev–Trinajstić information content (AvgIpc) is 2.13. The van der Waals surface area contributed by atoms with E-state index in [1.165, 1.54) is 0 Å². The van der Waals surface area contributed by atoms with Crippen LogP contribution >= 0.6 is 0 Å². The van der Waals surface area contributed by atoms with E-state index in [0.717, 1.165) is 31.4 Å². The molecular formula is C12H25NO. The molecular weight excluding hydrogens is 174 g/mol. The number of ether oxygens (including phenoxy) is 1. The highest BCUT2D eigenvalue weighted by molar-refractivity contribution is 5.00. The zero-order chi connectivity index (χ0) is 11.2. The Balaban J connectivity index is 4.51. The van der Waals surface area contributed by atoms with E-state index in [1.54, 1.807) is 0 Å². The summed E-state index contributed by atoms with van der Waals surface area (Å²) < 4.78 is 5.82. The lowest BCUT2D eigenvalue weighted by atomic mass is 9.85. The van der Waals surface area contributed by atoms with Crippen molar-refractivity contribution in [1.82, 2.24) is 0 Å². The molecule has 1 atom stereocenters. The molecule has 84 valence electrons. The van der Waals surface area contributed by atoms with Gasteiger partial charge in [-0.1, -0.05) is 19.4 Å². The first-order valence-corrected chi connectivity index (χ1v) is 5.56. The lowest BCUT2D eigenvalue weighted by Crippen LogP contribution is -2.49. The van der Waals surface area contributed by atoms with Crippen molar-refractivity contribution < 1.29 is 4.74 Å². The van der Waals surface area contributed by atoms with Crippen LogP contribution in [-0.2, 0) is 4.74 Å². The van der Waals surface area contributed by atoms with Crippen LogP contribution in [-0.4, -0.2) is 18.2 Å². The van der Waals surface area contributed by atoms with Crippen LogP contribution in [0.3, 0.4) is 0 Å². The minimum absolute atomic E-state index is 0.0648. The van der Waals surface area contributed by atoms with Crippen LogP contribution in [0, 0.1) is 0 Å². The molecule has 2 nitrogen and oxygen atoms in total. The highest BCUT2D eigenvalue weighted by Gasteiger charge is 2.33. The van der Waals surface area contributed by atoms with Gasteiger partial charge in [-0.15, -0.1) is 6.58 Å². The van der Waals surface area contributed by atoms with Gasteiger partial charge in [-0.2, -0.15) is 0 Å². The SMILES string of the molecule is C=C(C)CC(N)C(CC)(CC)OCC. The number of hydrogen-bond acceptors (Lipinski definition) is 2. The second kappa shape index (κ2) is 6.20. The number of rotatable bonds is 7. The second-order valence-corrected chi connectivity index (χ2v) is 3.97. The highest BCUT2D eigenvalue weighted by Crippen LogP contribution is 2.26. The lowest BCUT2D eigenvalue weighted by molar-refractivity contribution is -0.0633. The zero-order valence-electron chi connectivity index (χ0n) is 10.1. The third-order valence-electron chi connectivity index (χ3n) is 2.87. The van der Waals surface area contributed by atoms with Gasteiger partial charge in [0.2, 0.25) is 0 Å². The van der Waals surface area contributed by atoms with E-state index < -0.39 is 0 Å².